The van der Waals surface area contributed by atoms with E-state index in [9.17, 15) is 13.2 Å². The van der Waals surface area contributed by atoms with Crippen LogP contribution in [-0.4, -0.2) is 27.1 Å². The molecular weight excluding hydrogens is 455 g/mol. The molecule has 5 nitrogen and oxygen atoms in total. The average Bonchev–Trinajstić information content (AvgIpc) is 2.73. The quantitative estimate of drug-likeness (QED) is 0.523. The highest BCUT2D eigenvalue weighted by Crippen LogP contribution is 2.31. The van der Waals surface area contributed by atoms with Gasteiger partial charge in [0, 0.05) is 5.02 Å². The van der Waals surface area contributed by atoms with Gasteiger partial charge in [0.15, 0.2) is 0 Å². The smallest absolute Gasteiger partial charge is 0.241 e. The van der Waals surface area contributed by atoms with E-state index >= 15 is 0 Å². The fraction of sp³-hybridized carbons (Fsp3) is 0.174. The maximum Gasteiger partial charge on any atom is 0.241 e. The number of rotatable bonds is 7. The molecule has 3 rings (SSSR count). The van der Waals surface area contributed by atoms with Crippen LogP contribution < -0.4 is 9.62 Å². The number of amides is 1. The zero-order valence-electron chi connectivity index (χ0n) is 17.0. The number of halogens is 2. The highest BCUT2D eigenvalue weighted by atomic mass is 35.5. The first-order valence-electron chi connectivity index (χ1n) is 9.49. The maximum atomic E-state index is 13.0. The van der Waals surface area contributed by atoms with Crippen molar-refractivity contribution in [2.45, 2.75) is 13.0 Å². The number of sulfonamides is 1. The summed E-state index contributed by atoms with van der Waals surface area (Å²) in [6, 6.07) is 21.3. The Kier molecular flexibility index (Phi) is 7.26. The number of aryl methyl sites for hydroxylation is 1. The fourth-order valence-corrected chi connectivity index (χ4v) is 4.59. The fourth-order valence-electron chi connectivity index (χ4n) is 3.29. The summed E-state index contributed by atoms with van der Waals surface area (Å²) in [5, 5.41) is 3.47. The van der Waals surface area contributed by atoms with E-state index in [0.717, 1.165) is 27.3 Å². The van der Waals surface area contributed by atoms with Gasteiger partial charge in [0.25, 0.3) is 0 Å². The first kappa shape index (κ1) is 23.1. The predicted molar refractivity (Wildman–Crippen MR) is 126 cm³/mol. The van der Waals surface area contributed by atoms with Gasteiger partial charge in [0.1, 0.15) is 6.54 Å². The second-order valence-corrected chi connectivity index (χ2v) is 9.88. The number of hydrogen-bond donors (Lipinski definition) is 1. The lowest BCUT2D eigenvalue weighted by atomic mass is 9.95. The summed E-state index contributed by atoms with van der Waals surface area (Å²) in [6.45, 7) is 1.53. The van der Waals surface area contributed by atoms with Gasteiger partial charge in [0.05, 0.1) is 23.0 Å². The zero-order chi connectivity index (χ0) is 22.6. The number of anilines is 1. The van der Waals surface area contributed by atoms with Crippen LogP contribution in [0.15, 0.2) is 72.8 Å². The van der Waals surface area contributed by atoms with Crippen LogP contribution in [-0.2, 0) is 14.8 Å². The lowest BCUT2D eigenvalue weighted by molar-refractivity contribution is -0.120. The summed E-state index contributed by atoms with van der Waals surface area (Å²) in [5.74, 6) is -0.474. The molecule has 1 amide bonds. The minimum Gasteiger partial charge on any atom is -0.344 e. The molecule has 3 aromatic rings. The molecule has 0 unspecified atom stereocenters. The molecule has 0 aliphatic heterocycles. The molecule has 8 heteroatoms. The van der Waals surface area contributed by atoms with Crippen LogP contribution in [0.1, 0.15) is 22.7 Å². The standard InChI is InChI=1S/C23H22Cl2N2O3S/c1-16-8-6-7-11-19(16)23(17-9-4-3-5-10-17)26-22(28)15-27(31(2,29)30)21-14-18(24)12-13-20(21)25/h3-14,23H,15H2,1-2H3,(H,26,28)/t23-/m1/s1. The van der Waals surface area contributed by atoms with Crippen molar-refractivity contribution >= 4 is 44.8 Å². The van der Waals surface area contributed by atoms with Gasteiger partial charge in [-0.25, -0.2) is 8.42 Å². The molecule has 0 radical (unpaired) electrons. The molecule has 0 fully saturated rings. The molecule has 0 saturated heterocycles. The van der Waals surface area contributed by atoms with E-state index in [4.69, 9.17) is 23.2 Å². The Morgan fingerprint density at radius 2 is 1.65 bits per heavy atom. The highest BCUT2D eigenvalue weighted by Gasteiger charge is 2.26. The summed E-state index contributed by atoms with van der Waals surface area (Å²) in [6.07, 6.45) is 1.02. The summed E-state index contributed by atoms with van der Waals surface area (Å²) < 4.78 is 25.9. The molecule has 1 atom stereocenters. The van der Waals surface area contributed by atoms with Gasteiger partial charge >= 0.3 is 0 Å². The van der Waals surface area contributed by atoms with Gasteiger partial charge in [-0.05, 0) is 41.8 Å². The van der Waals surface area contributed by atoms with Crippen molar-refractivity contribution in [3.05, 3.63) is 99.5 Å². The Bertz CT molecular complexity index is 1180. The highest BCUT2D eigenvalue weighted by molar-refractivity contribution is 7.92. The number of hydrogen-bond acceptors (Lipinski definition) is 3. The van der Waals surface area contributed by atoms with Gasteiger partial charge in [0.2, 0.25) is 15.9 Å². The molecule has 0 aliphatic carbocycles. The Morgan fingerprint density at radius 1 is 1.00 bits per heavy atom. The Morgan fingerprint density at radius 3 is 2.29 bits per heavy atom. The second kappa shape index (κ2) is 9.73. The molecule has 1 N–H and O–H groups in total. The first-order chi connectivity index (χ1) is 14.7. The molecule has 0 aromatic heterocycles. The summed E-state index contributed by atoms with van der Waals surface area (Å²) in [4.78, 5) is 13.0. The summed E-state index contributed by atoms with van der Waals surface area (Å²) in [5.41, 5.74) is 2.97. The Hall–Kier alpha value is -2.54. The number of nitrogens with one attached hydrogen (secondary N) is 1. The van der Waals surface area contributed by atoms with Crippen molar-refractivity contribution in [1.29, 1.82) is 0 Å². The predicted octanol–water partition coefficient (Wildman–Crippen LogP) is 4.97. The minimum absolute atomic E-state index is 0.152. The molecule has 0 aliphatic rings. The van der Waals surface area contributed by atoms with Crippen molar-refractivity contribution in [2.24, 2.45) is 0 Å². The van der Waals surface area contributed by atoms with Gasteiger partial charge in [-0.3, -0.25) is 9.10 Å². The van der Waals surface area contributed by atoms with Crippen LogP contribution in [0, 0.1) is 6.92 Å². The number of benzene rings is 3. The van der Waals surface area contributed by atoms with Crippen molar-refractivity contribution in [1.82, 2.24) is 5.32 Å². The Labute approximate surface area is 192 Å². The number of carbonyl (C=O) groups excluding carboxylic acids is 1. The monoisotopic (exact) mass is 476 g/mol. The Balaban J connectivity index is 1.94. The van der Waals surface area contributed by atoms with Crippen molar-refractivity contribution < 1.29 is 13.2 Å². The summed E-state index contributed by atoms with van der Waals surface area (Å²) >= 11 is 12.2. The SMILES string of the molecule is Cc1ccccc1[C@H](NC(=O)CN(c1cc(Cl)ccc1Cl)S(C)(=O)=O)c1ccccc1. The third-order valence-corrected chi connectivity index (χ3v) is 6.48. The lowest BCUT2D eigenvalue weighted by Crippen LogP contribution is -2.42. The van der Waals surface area contributed by atoms with Gasteiger partial charge in [-0.2, -0.15) is 0 Å². The van der Waals surface area contributed by atoms with Gasteiger partial charge in [-0.1, -0.05) is 77.8 Å². The van der Waals surface area contributed by atoms with E-state index in [1.54, 1.807) is 6.07 Å². The molecule has 162 valence electrons. The van der Waals surface area contributed by atoms with E-state index in [0.29, 0.717) is 5.02 Å². The van der Waals surface area contributed by atoms with E-state index in [-0.39, 0.29) is 10.7 Å². The molecule has 0 bridgehead atoms. The van der Waals surface area contributed by atoms with Crippen LogP contribution in [0.5, 0.6) is 0 Å². The van der Waals surface area contributed by atoms with E-state index in [1.165, 1.54) is 12.1 Å². The van der Waals surface area contributed by atoms with E-state index in [2.05, 4.69) is 5.32 Å². The van der Waals surface area contributed by atoms with Crippen LogP contribution in [0.25, 0.3) is 0 Å². The number of nitrogens with zero attached hydrogens (tertiary/aromatic N) is 1. The molecule has 31 heavy (non-hydrogen) atoms. The van der Waals surface area contributed by atoms with Crippen LogP contribution in [0.4, 0.5) is 5.69 Å². The largest absolute Gasteiger partial charge is 0.344 e. The number of carbonyl (C=O) groups is 1. The van der Waals surface area contributed by atoms with Crippen molar-refractivity contribution in [2.75, 3.05) is 17.1 Å². The van der Waals surface area contributed by atoms with Gasteiger partial charge < -0.3 is 5.32 Å². The molecule has 0 saturated carbocycles. The van der Waals surface area contributed by atoms with Crippen LogP contribution in [0.2, 0.25) is 10.0 Å². The van der Waals surface area contributed by atoms with Crippen molar-refractivity contribution in [3.8, 4) is 0 Å². The maximum absolute atomic E-state index is 13.0. The average molecular weight is 477 g/mol. The van der Waals surface area contributed by atoms with Crippen molar-refractivity contribution in [3.63, 3.8) is 0 Å². The van der Waals surface area contributed by atoms with E-state index in [1.807, 2.05) is 61.5 Å². The third kappa shape index (κ3) is 5.79. The topological polar surface area (TPSA) is 66.5 Å². The van der Waals surface area contributed by atoms with E-state index < -0.39 is 28.5 Å². The van der Waals surface area contributed by atoms with Crippen LogP contribution in [0.3, 0.4) is 0 Å². The normalized spacial score (nSPS) is 12.3. The second-order valence-electron chi connectivity index (χ2n) is 7.13. The molecule has 3 aromatic carbocycles. The first-order valence-corrected chi connectivity index (χ1v) is 12.1. The van der Waals surface area contributed by atoms with Crippen LogP contribution >= 0.6 is 23.2 Å². The minimum atomic E-state index is -3.80. The van der Waals surface area contributed by atoms with Gasteiger partial charge in [-0.15, -0.1) is 0 Å². The summed E-state index contributed by atoms with van der Waals surface area (Å²) in [7, 11) is -3.80. The molecular formula is C23H22Cl2N2O3S. The lowest BCUT2D eigenvalue weighted by Gasteiger charge is -2.26. The zero-order valence-corrected chi connectivity index (χ0v) is 19.4. The third-order valence-electron chi connectivity index (χ3n) is 4.80. The molecule has 0 heterocycles. The molecule has 0 spiro atoms.